The quantitative estimate of drug-likeness (QED) is 0.535. The Balaban J connectivity index is 1.89. The number of aromatic hydroxyl groups is 1. The molecule has 2 aliphatic rings. The van der Waals surface area contributed by atoms with E-state index < -0.39 is 0 Å². The normalized spacial score (nSPS) is 28.0. The molecule has 3 nitrogen and oxygen atoms in total. The van der Waals surface area contributed by atoms with Gasteiger partial charge in [0.15, 0.2) is 0 Å². The van der Waals surface area contributed by atoms with Crippen LogP contribution < -0.4 is 10.1 Å². The molecule has 0 spiro atoms. The van der Waals surface area contributed by atoms with Crippen molar-refractivity contribution in [1.82, 2.24) is 5.32 Å². The van der Waals surface area contributed by atoms with Gasteiger partial charge in [0, 0.05) is 17.5 Å². The SMILES string of the molecule is CCCCCC(C)C(C)c1cc(O)c2c(c1)OC(C)(C)C1CCC(NC)CC21. The molecule has 1 fully saturated rings. The van der Waals surface area contributed by atoms with Gasteiger partial charge in [0.2, 0.25) is 0 Å². The van der Waals surface area contributed by atoms with Crippen LogP contribution in [-0.4, -0.2) is 23.8 Å². The van der Waals surface area contributed by atoms with Crippen molar-refractivity contribution in [1.29, 1.82) is 0 Å². The third-order valence-electron chi connectivity index (χ3n) is 7.68. The van der Waals surface area contributed by atoms with Crippen molar-refractivity contribution in [2.24, 2.45) is 11.8 Å². The van der Waals surface area contributed by atoms with E-state index in [9.17, 15) is 5.11 Å². The second kappa shape index (κ2) is 8.65. The molecule has 28 heavy (non-hydrogen) atoms. The topological polar surface area (TPSA) is 41.5 Å². The lowest BCUT2D eigenvalue weighted by molar-refractivity contribution is -0.0117. The van der Waals surface area contributed by atoms with Crippen LogP contribution in [0.1, 0.15) is 103 Å². The summed E-state index contributed by atoms with van der Waals surface area (Å²) >= 11 is 0. The summed E-state index contributed by atoms with van der Waals surface area (Å²) in [6, 6.07) is 4.79. The van der Waals surface area contributed by atoms with Crippen LogP contribution in [0.3, 0.4) is 0 Å². The Morgan fingerprint density at radius 3 is 2.64 bits per heavy atom. The smallest absolute Gasteiger partial charge is 0.127 e. The maximum absolute atomic E-state index is 11.0. The van der Waals surface area contributed by atoms with Gasteiger partial charge in [-0.15, -0.1) is 0 Å². The minimum absolute atomic E-state index is 0.183. The molecule has 2 N–H and O–H groups in total. The summed E-state index contributed by atoms with van der Waals surface area (Å²) in [5, 5.41) is 14.5. The molecule has 1 aromatic carbocycles. The molecule has 1 heterocycles. The maximum Gasteiger partial charge on any atom is 0.127 e. The Labute approximate surface area is 172 Å². The van der Waals surface area contributed by atoms with Gasteiger partial charge >= 0.3 is 0 Å². The zero-order valence-electron chi connectivity index (χ0n) is 18.8. The Hall–Kier alpha value is -1.22. The third kappa shape index (κ3) is 4.20. The molecule has 1 aliphatic heterocycles. The standard InChI is InChI=1S/C25H41NO2/c1-7-8-9-10-16(2)17(3)18-13-22(27)24-20-15-19(26-6)11-12-21(20)25(4,5)28-23(24)14-18/h13-14,16-17,19-21,26-27H,7-12,15H2,1-6H3. The largest absolute Gasteiger partial charge is 0.508 e. The Morgan fingerprint density at radius 1 is 1.21 bits per heavy atom. The van der Waals surface area contributed by atoms with Crippen molar-refractivity contribution in [3.05, 3.63) is 23.3 Å². The second-order valence-electron chi connectivity index (χ2n) is 9.93. The average Bonchev–Trinajstić information content (AvgIpc) is 2.66. The van der Waals surface area contributed by atoms with Gasteiger partial charge in [0.05, 0.1) is 0 Å². The highest BCUT2D eigenvalue weighted by molar-refractivity contribution is 5.52. The zero-order valence-corrected chi connectivity index (χ0v) is 18.8. The lowest BCUT2D eigenvalue weighted by Crippen LogP contribution is -2.49. The first-order chi connectivity index (χ1) is 13.3. The van der Waals surface area contributed by atoms with Crippen molar-refractivity contribution in [3.63, 3.8) is 0 Å². The highest BCUT2D eigenvalue weighted by atomic mass is 16.5. The predicted molar refractivity (Wildman–Crippen MR) is 117 cm³/mol. The van der Waals surface area contributed by atoms with Gasteiger partial charge in [-0.2, -0.15) is 0 Å². The average molecular weight is 388 g/mol. The van der Waals surface area contributed by atoms with Crippen LogP contribution >= 0.6 is 0 Å². The lowest BCUT2D eigenvalue weighted by Gasteiger charge is -2.49. The Morgan fingerprint density at radius 2 is 1.96 bits per heavy atom. The van der Waals surface area contributed by atoms with Crippen molar-refractivity contribution in [3.8, 4) is 11.5 Å². The molecule has 1 aromatic rings. The lowest BCUT2D eigenvalue weighted by atomic mass is 9.65. The van der Waals surface area contributed by atoms with Crippen LogP contribution in [-0.2, 0) is 0 Å². The first kappa shape index (κ1) is 21.5. The van der Waals surface area contributed by atoms with E-state index in [1.54, 1.807) is 0 Å². The molecule has 0 bridgehead atoms. The van der Waals surface area contributed by atoms with Crippen molar-refractivity contribution < 1.29 is 9.84 Å². The molecule has 1 saturated carbocycles. The van der Waals surface area contributed by atoms with E-state index in [0.29, 0.717) is 35.5 Å². The van der Waals surface area contributed by atoms with Crippen molar-refractivity contribution in [2.45, 2.75) is 103 Å². The van der Waals surface area contributed by atoms with Crippen LogP contribution in [0, 0.1) is 11.8 Å². The molecule has 1 aliphatic carbocycles. The van der Waals surface area contributed by atoms with Crippen LogP contribution in [0.4, 0.5) is 0 Å². The zero-order chi connectivity index (χ0) is 20.5. The van der Waals surface area contributed by atoms with Gasteiger partial charge in [0.25, 0.3) is 0 Å². The first-order valence-corrected chi connectivity index (χ1v) is 11.5. The van der Waals surface area contributed by atoms with E-state index in [0.717, 1.165) is 24.2 Å². The summed E-state index contributed by atoms with van der Waals surface area (Å²) in [6.45, 7) is 11.4. The van der Waals surface area contributed by atoms with Crippen LogP contribution in [0.5, 0.6) is 11.5 Å². The van der Waals surface area contributed by atoms with E-state index in [1.165, 1.54) is 37.7 Å². The minimum atomic E-state index is -0.183. The summed E-state index contributed by atoms with van der Waals surface area (Å²) < 4.78 is 6.53. The number of hydrogen-bond donors (Lipinski definition) is 2. The number of phenols is 1. The molecule has 0 radical (unpaired) electrons. The molecule has 0 amide bonds. The van der Waals surface area contributed by atoms with Crippen molar-refractivity contribution >= 4 is 0 Å². The van der Waals surface area contributed by atoms with Gasteiger partial charge in [-0.3, -0.25) is 0 Å². The molecule has 5 atom stereocenters. The highest BCUT2D eigenvalue weighted by Gasteiger charge is 2.47. The number of phenolic OH excluding ortho intramolecular Hbond substituents is 1. The van der Waals surface area contributed by atoms with Crippen molar-refractivity contribution in [2.75, 3.05) is 7.05 Å². The van der Waals surface area contributed by atoms with Gasteiger partial charge in [-0.25, -0.2) is 0 Å². The maximum atomic E-state index is 11.0. The van der Waals surface area contributed by atoms with E-state index in [4.69, 9.17) is 4.74 Å². The number of hydrogen-bond acceptors (Lipinski definition) is 3. The van der Waals surface area contributed by atoms with Gasteiger partial charge in [-0.1, -0.05) is 46.5 Å². The predicted octanol–water partition coefficient (Wildman–Crippen LogP) is 6.35. The molecule has 3 heteroatoms. The fourth-order valence-corrected chi connectivity index (χ4v) is 5.59. The number of ether oxygens (including phenoxy) is 1. The van der Waals surface area contributed by atoms with Crippen LogP contribution in [0.2, 0.25) is 0 Å². The molecular formula is C25H41NO2. The monoisotopic (exact) mass is 387 g/mol. The van der Waals surface area contributed by atoms with E-state index in [-0.39, 0.29) is 5.60 Å². The molecule has 0 aromatic heterocycles. The minimum Gasteiger partial charge on any atom is -0.508 e. The fraction of sp³-hybridized carbons (Fsp3) is 0.760. The summed E-state index contributed by atoms with van der Waals surface area (Å²) in [5.74, 6) is 3.24. The second-order valence-corrected chi connectivity index (χ2v) is 9.93. The van der Waals surface area contributed by atoms with Gasteiger partial charge in [0.1, 0.15) is 17.1 Å². The Kier molecular flexibility index (Phi) is 6.64. The molecule has 0 saturated heterocycles. The molecule has 3 rings (SSSR count). The summed E-state index contributed by atoms with van der Waals surface area (Å²) in [7, 11) is 2.06. The summed E-state index contributed by atoms with van der Waals surface area (Å²) in [6.07, 6.45) is 8.52. The number of fused-ring (bicyclic) bond motifs is 3. The number of benzene rings is 1. The fourth-order valence-electron chi connectivity index (χ4n) is 5.59. The summed E-state index contributed by atoms with van der Waals surface area (Å²) in [5.41, 5.74) is 2.09. The first-order valence-electron chi connectivity index (χ1n) is 11.5. The van der Waals surface area contributed by atoms with E-state index >= 15 is 0 Å². The summed E-state index contributed by atoms with van der Waals surface area (Å²) in [4.78, 5) is 0. The number of rotatable bonds is 7. The number of nitrogens with one attached hydrogen (secondary N) is 1. The van der Waals surface area contributed by atoms with E-state index in [2.05, 4.69) is 53.0 Å². The van der Waals surface area contributed by atoms with Gasteiger partial charge < -0.3 is 15.2 Å². The van der Waals surface area contributed by atoms with Gasteiger partial charge in [-0.05, 0) is 75.6 Å². The highest BCUT2D eigenvalue weighted by Crippen LogP contribution is 2.55. The third-order valence-corrected chi connectivity index (χ3v) is 7.68. The Bertz CT molecular complexity index is 669. The van der Waals surface area contributed by atoms with E-state index in [1.807, 2.05) is 6.07 Å². The molecular weight excluding hydrogens is 346 g/mol. The molecule has 158 valence electrons. The molecule has 5 unspecified atom stereocenters. The number of unbranched alkanes of at least 4 members (excludes halogenated alkanes) is 2. The van der Waals surface area contributed by atoms with Crippen LogP contribution in [0.25, 0.3) is 0 Å². The van der Waals surface area contributed by atoms with Crippen LogP contribution in [0.15, 0.2) is 12.1 Å².